The quantitative estimate of drug-likeness (QED) is 0.863. The number of piperidine rings is 1. The Kier molecular flexibility index (Phi) is 4.73. The molecule has 1 aliphatic carbocycles. The summed E-state index contributed by atoms with van der Waals surface area (Å²) in [4.78, 5) is 6.99. The molecule has 0 spiro atoms. The Morgan fingerprint density at radius 1 is 1.11 bits per heavy atom. The van der Waals surface area contributed by atoms with Crippen LogP contribution in [0.1, 0.15) is 57.1 Å². The van der Waals surface area contributed by atoms with Crippen molar-refractivity contribution in [3.63, 3.8) is 0 Å². The lowest BCUT2D eigenvalue weighted by Gasteiger charge is -2.53. The Hall–Kier alpha value is -1.91. The van der Waals surface area contributed by atoms with E-state index in [1.54, 1.807) is 20.0 Å². The van der Waals surface area contributed by atoms with Gasteiger partial charge in [0, 0.05) is 24.7 Å². The van der Waals surface area contributed by atoms with Gasteiger partial charge >= 0.3 is 0 Å². The molecule has 1 saturated carbocycles. The van der Waals surface area contributed by atoms with Gasteiger partial charge in [-0.15, -0.1) is 0 Å². The maximum absolute atomic E-state index is 11.7. The first-order chi connectivity index (χ1) is 12.9. The fraction of sp³-hybridized carbons (Fsp3) is 0.522. The summed E-state index contributed by atoms with van der Waals surface area (Å²) in [6, 6.07) is 14.3. The zero-order valence-electron chi connectivity index (χ0n) is 16.3. The molecule has 4 heteroatoms. The van der Waals surface area contributed by atoms with E-state index < -0.39 is 11.2 Å². The Morgan fingerprint density at radius 2 is 1.85 bits per heavy atom. The fourth-order valence-electron chi connectivity index (χ4n) is 5.01. The molecular formula is C23H30N2O2. The number of rotatable bonds is 3. The van der Waals surface area contributed by atoms with Gasteiger partial charge in [0.2, 0.25) is 0 Å². The Balaban J connectivity index is 1.68. The SMILES string of the molecule is CC(C)(O)c1ccnc(N2CCC(O)(c3ccccc3)[C@@H]3CCCC[C@@H]32)c1. The second kappa shape index (κ2) is 6.92. The number of benzene rings is 1. The smallest absolute Gasteiger partial charge is 0.129 e. The lowest BCUT2D eigenvalue weighted by atomic mass is 9.66. The van der Waals surface area contributed by atoms with E-state index in [0.29, 0.717) is 6.42 Å². The monoisotopic (exact) mass is 366 g/mol. The molecule has 1 aromatic heterocycles. The van der Waals surface area contributed by atoms with Gasteiger partial charge in [-0.2, -0.15) is 0 Å². The van der Waals surface area contributed by atoms with Crippen molar-refractivity contribution < 1.29 is 10.2 Å². The molecule has 2 fully saturated rings. The molecule has 3 atom stereocenters. The van der Waals surface area contributed by atoms with Gasteiger partial charge in [-0.3, -0.25) is 0 Å². The van der Waals surface area contributed by atoms with Crippen LogP contribution in [-0.4, -0.2) is 27.8 Å². The summed E-state index contributed by atoms with van der Waals surface area (Å²) >= 11 is 0. The molecule has 1 saturated heterocycles. The molecule has 0 amide bonds. The van der Waals surface area contributed by atoms with Gasteiger partial charge in [0.15, 0.2) is 0 Å². The van der Waals surface area contributed by atoms with Crippen LogP contribution >= 0.6 is 0 Å². The van der Waals surface area contributed by atoms with Crippen LogP contribution in [-0.2, 0) is 11.2 Å². The predicted octanol–water partition coefficient (Wildman–Crippen LogP) is 3.97. The van der Waals surface area contributed by atoms with Crippen LogP contribution < -0.4 is 4.90 Å². The number of fused-ring (bicyclic) bond motifs is 1. The second-order valence-corrected chi connectivity index (χ2v) is 8.65. The summed E-state index contributed by atoms with van der Waals surface area (Å²) in [6.45, 7) is 4.38. The van der Waals surface area contributed by atoms with E-state index in [-0.39, 0.29) is 12.0 Å². The molecule has 2 aromatic rings. The maximum atomic E-state index is 11.7. The predicted molar refractivity (Wildman–Crippen MR) is 108 cm³/mol. The molecule has 1 unspecified atom stereocenters. The van der Waals surface area contributed by atoms with Crippen molar-refractivity contribution in [1.82, 2.24) is 4.98 Å². The number of hydrogen-bond acceptors (Lipinski definition) is 4. The average Bonchev–Trinajstić information content (AvgIpc) is 2.69. The first kappa shape index (κ1) is 18.5. The number of aromatic nitrogens is 1. The summed E-state index contributed by atoms with van der Waals surface area (Å²) < 4.78 is 0. The summed E-state index contributed by atoms with van der Waals surface area (Å²) in [7, 11) is 0. The molecular weight excluding hydrogens is 336 g/mol. The molecule has 1 aromatic carbocycles. The lowest BCUT2D eigenvalue weighted by Crippen LogP contribution is -2.57. The second-order valence-electron chi connectivity index (χ2n) is 8.65. The molecule has 1 aliphatic heterocycles. The van der Waals surface area contributed by atoms with Gasteiger partial charge < -0.3 is 15.1 Å². The van der Waals surface area contributed by atoms with Crippen LogP contribution in [0.25, 0.3) is 0 Å². The van der Waals surface area contributed by atoms with Crippen molar-refractivity contribution in [2.45, 2.75) is 63.2 Å². The zero-order chi connectivity index (χ0) is 19.1. The zero-order valence-corrected chi connectivity index (χ0v) is 16.3. The highest BCUT2D eigenvalue weighted by Gasteiger charge is 2.49. The van der Waals surface area contributed by atoms with E-state index in [4.69, 9.17) is 0 Å². The first-order valence-electron chi connectivity index (χ1n) is 10.1. The fourth-order valence-corrected chi connectivity index (χ4v) is 5.01. The summed E-state index contributed by atoms with van der Waals surface area (Å²) in [5.74, 6) is 1.12. The minimum Gasteiger partial charge on any atom is -0.386 e. The van der Waals surface area contributed by atoms with Crippen molar-refractivity contribution in [2.24, 2.45) is 5.92 Å². The normalized spacial score (nSPS) is 28.7. The van der Waals surface area contributed by atoms with E-state index in [2.05, 4.69) is 22.0 Å². The summed E-state index contributed by atoms with van der Waals surface area (Å²) in [6.07, 6.45) is 6.96. The number of pyridine rings is 1. The van der Waals surface area contributed by atoms with Gasteiger partial charge in [0.25, 0.3) is 0 Å². The molecule has 144 valence electrons. The highest BCUT2D eigenvalue weighted by Crippen LogP contribution is 2.47. The summed E-state index contributed by atoms with van der Waals surface area (Å²) in [5, 5.41) is 22.1. The van der Waals surface area contributed by atoms with E-state index >= 15 is 0 Å². The average molecular weight is 367 g/mol. The van der Waals surface area contributed by atoms with Crippen molar-refractivity contribution in [3.8, 4) is 0 Å². The molecule has 0 bridgehead atoms. The first-order valence-corrected chi connectivity index (χ1v) is 10.1. The van der Waals surface area contributed by atoms with Crippen LogP contribution in [0.4, 0.5) is 5.82 Å². The molecule has 4 nitrogen and oxygen atoms in total. The van der Waals surface area contributed by atoms with Gasteiger partial charge in [0.1, 0.15) is 5.82 Å². The molecule has 27 heavy (non-hydrogen) atoms. The third kappa shape index (κ3) is 3.37. The van der Waals surface area contributed by atoms with Crippen molar-refractivity contribution >= 4 is 5.82 Å². The van der Waals surface area contributed by atoms with Crippen molar-refractivity contribution in [3.05, 3.63) is 59.8 Å². The minimum atomic E-state index is -0.885. The number of anilines is 1. The third-order valence-electron chi connectivity index (χ3n) is 6.50. The van der Waals surface area contributed by atoms with Crippen LogP contribution in [0, 0.1) is 5.92 Å². The van der Waals surface area contributed by atoms with Crippen LogP contribution in [0.2, 0.25) is 0 Å². The number of nitrogens with zero attached hydrogens (tertiary/aromatic N) is 2. The maximum Gasteiger partial charge on any atom is 0.129 e. The highest BCUT2D eigenvalue weighted by molar-refractivity contribution is 5.46. The number of hydrogen-bond donors (Lipinski definition) is 2. The molecule has 2 aliphatic rings. The highest BCUT2D eigenvalue weighted by atomic mass is 16.3. The van der Waals surface area contributed by atoms with E-state index in [9.17, 15) is 10.2 Å². The van der Waals surface area contributed by atoms with Crippen molar-refractivity contribution in [1.29, 1.82) is 0 Å². The van der Waals surface area contributed by atoms with E-state index in [0.717, 1.165) is 36.3 Å². The minimum absolute atomic E-state index is 0.204. The Labute approximate surface area is 161 Å². The third-order valence-corrected chi connectivity index (χ3v) is 6.50. The van der Waals surface area contributed by atoms with Gasteiger partial charge in [0.05, 0.1) is 11.2 Å². The molecule has 4 rings (SSSR count). The lowest BCUT2D eigenvalue weighted by molar-refractivity contribution is -0.0690. The van der Waals surface area contributed by atoms with Gasteiger partial charge in [-0.05, 0) is 56.4 Å². The van der Waals surface area contributed by atoms with Crippen molar-refractivity contribution in [2.75, 3.05) is 11.4 Å². The molecule has 2 N–H and O–H groups in total. The Bertz CT molecular complexity index is 786. The largest absolute Gasteiger partial charge is 0.386 e. The van der Waals surface area contributed by atoms with Gasteiger partial charge in [-0.1, -0.05) is 43.2 Å². The number of aliphatic hydroxyl groups is 2. The van der Waals surface area contributed by atoms with Gasteiger partial charge in [-0.25, -0.2) is 4.98 Å². The van der Waals surface area contributed by atoms with Crippen LogP contribution in [0.15, 0.2) is 48.7 Å². The van der Waals surface area contributed by atoms with E-state index in [1.165, 1.54) is 12.8 Å². The topological polar surface area (TPSA) is 56.6 Å². The van der Waals surface area contributed by atoms with E-state index in [1.807, 2.05) is 30.3 Å². The summed E-state index contributed by atoms with van der Waals surface area (Å²) in [5.41, 5.74) is 0.268. The van der Waals surface area contributed by atoms with Crippen LogP contribution in [0.5, 0.6) is 0 Å². The van der Waals surface area contributed by atoms with Crippen LogP contribution in [0.3, 0.4) is 0 Å². The Morgan fingerprint density at radius 3 is 2.59 bits per heavy atom. The standard InChI is InChI=1S/C23H30N2O2/c1-22(2,26)18-12-14-24-21(16-18)25-15-13-23(27,17-8-4-3-5-9-17)19-10-6-7-11-20(19)25/h3-5,8-9,12,14,16,19-20,26-27H,6-7,10-11,13,15H2,1-2H3/t19-,20+,23?/m1/s1. The molecule has 2 heterocycles. The molecule has 0 radical (unpaired) electrons.